The first kappa shape index (κ1) is 16.0. The molecule has 0 fully saturated rings. The van der Waals surface area contributed by atoms with Gasteiger partial charge in [0.05, 0.1) is 30.2 Å². The molecular weight excluding hydrogens is 339 g/mol. The monoisotopic (exact) mass is 359 g/mol. The molecule has 136 valence electrons. The third-order valence-electron chi connectivity index (χ3n) is 5.97. The first-order valence-corrected chi connectivity index (χ1v) is 9.13. The third-order valence-corrected chi connectivity index (χ3v) is 5.97. The van der Waals surface area contributed by atoms with Gasteiger partial charge >= 0.3 is 6.18 Å². The molecule has 2 aromatic rings. The van der Waals surface area contributed by atoms with Gasteiger partial charge in [-0.3, -0.25) is 4.99 Å². The number of benzene rings is 1. The molecule has 1 aromatic heterocycles. The van der Waals surface area contributed by atoms with Crippen LogP contribution in [0.3, 0.4) is 0 Å². The quantitative estimate of drug-likeness (QED) is 0.642. The van der Waals surface area contributed by atoms with Gasteiger partial charge in [0.1, 0.15) is 0 Å². The van der Waals surface area contributed by atoms with Crippen LogP contribution in [-0.2, 0) is 6.18 Å². The van der Waals surface area contributed by atoms with Crippen molar-refractivity contribution in [2.75, 3.05) is 13.1 Å². The Morgan fingerprint density at radius 1 is 1.19 bits per heavy atom. The van der Waals surface area contributed by atoms with Crippen LogP contribution < -0.4 is 0 Å². The smallest absolute Gasteiger partial charge is 0.359 e. The van der Waals surface area contributed by atoms with Crippen molar-refractivity contribution >= 4 is 22.8 Å². The molecular formula is C20H20F3N3. The maximum absolute atomic E-state index is 13.7. The molecule has 6 heteroatoms. The van der Waals surface area contributed by atoms with Gasteiger partial charge in [-0.1, -0.05) is 25.1 Å². The zero-order valence-electron chi connectivity index (χ0n) is 14.6. The van der Waals surface area contributed by atoms with Crippen molar-refractivity contribution in [2.45, 2.75) is 38.4 Å². The number of hydrogen-bond acceptors (Lipinski definition) is 2. The molecule has 0 spiro atoms. The van der Waals surface area contributed by atoms with Crippen molar-refractivity contribution in [2.24, 2.45) is 10.9 Å². The summed E-state index contributed by atoms with van der Waals surface area (Å²) in [6.07, 6.45) is 1.63. The fourth-order valence-electron chi connectivity index (χ4n) is 4.75. The van der Waals surface area contributed by atoms with E-state index in [2.05, 4.69) is 16.8 Å². The SMILES string of the molecule is CC1CCC2=C(C1)N1CC=NCC1c1cccc3c(C(F)(F)F)cn2c13. The Morgan fingerprint density at radius 2 is 2.04 bits per heavy atom. The molecule has 0 amide bonds. The third kappa shape index (κ3) is 2.17. The number of allylic oxidation sites excluding steroid dienone is 2. The van der Waals surface area contributed by atoms with Gasteiger partial charge in [0, 0.05) is 34.8 Å². The van der Waals surface area contributed by atoms with Gasteiger partial charge in [-0.25, -0.2) is 0 Å². The Morgan fingerprint density at radius 3 is 2.85 bits per heavy atom. The van der Waals surface area contributed by atoms with Gasteiger partial charge in [-0.05, 0) is 25.2 Å². The maximum Gasteiger partial charge on any atom is 0.418 e. The Balaban J connectivity index is 1.86. The van der Waals surface area contributed by atoms with E-state index in [9.17, 15) is 13.2 Å². The van der Waals surface area contributed by atoms with Crippen molar-refractivity contribution in [1.82, 2.24) is 9.47 Å². The molecule has 5 rings (SSSR count). The first-order valence-electron chi connectivity index (χ1n) is 9.13. The molecule has 0 radical (unpaired) electrons. The lowest BCUT2D eigenvalue weighted by Crippen LogP contribution is -2.36. The van der Waals surface area contributed by atoms with Crippen LogP contribution in [0.1, 0.15) is 43.4 Å². The highest BCUT2D eigenvalue weighted by molar-refractivity contribution is 5.91. The summed E-state index contributed by atoms with van der Waals surface area (Å²) >= 11 is 0. The highest BCUT2D eigenvalue weighted by Crippen LogP contribution is 2.47. The van der Waals surface area contributed by atoms with E-state index in [1.807, 2.05) is 16.8 Å². The molecule has 2 unspecified atom stereocenters. The summed E-state index contributed by atoms with van der Waals surface area (Å²) < 4.78 is 42.9. The second-order valence-electron chi connectivity index (χ2n) is 7.61. The molecule has 1 aliphatic carbocycles. The highest BCUT2D eigenvalue weighted by Gasteiger charge is 2.39. The normalized spacial score (nSPS) is 25.3. The largest absolute Gasteiger partial charge is 0.418 e. The summed E-state index contributed by atoms with van der Waals surface area (Å²) in [6, 6.07) is 5.34. The molecule has 0 saturated carbocycles. The zero-order valence-corrected chi connectivity index (χ0v) is 14.6. The van der Waals surface area contributed by atoms with Crippen molar-refractivity contribution < 1.29 is 13.2 Å². The minimum Gasteiger partial charge on any atom is -0.359 e. The number of alkyl halides is 3. The van der Waals surface area contributed by atoms with Gasteiger partial charge < -0.3 is 9.47 Å². The van der Waals surface area contributed by atoms with Crippen molar-refractivity contribution in [3.05, 3.63) is 41.2 Å². The molecule has 3 aliphatic rings. The van der Waals surface area contributed by atoms with E-state index in [-0.39, 0.29) is 6.04 Å². The number of rotatable bonds is 0. The summed E-state index contributed by atoms with van der Waals surface area (Å²) in [4.78, 5) is 6.82. The standard InChI is InChI=1S/C20H20F3N3/c1-12-5-6-16-17(9-12)25-8-7-24-10-18(25)14-4-2-3-13-15(20(21,22)23)11-26(16)19(13)14/h2-4,7,11-12,18H,5-6,8-10H2,1H3. The second kappa shape index (κ2) is 5.38. The van der Waals surface area contributed by atoms with E-state index in [1.165, 1.54) is 11.9 Å². The molecule has 1 aromatic carbocycles. The molecule has 0 N–H and O–H groups in total. The Kier molecular flexibility index (Phi) is 3.30. The van der Waals surface area contributed by atoms with Gasteiger partial charge in [0.25, 0.3) is 0 Å². The summed E-state index contributed by atoms with van der Waals surface area (Å²) in [5.74, 6) is 0.544. The van der Waals surface area contributed by atoms with Gasteiger partial charge in [0.2, 0.25) is 0 Å². The Bertz CT molecular complexity index is 951. The molecule has 0 bridgehead atoms. The number of halogens is 3. The summed E-state index contributed by atoms with van der Waals surface area (Å²) in [5, 5.41) is 0.303. The van der Waals surface area contributed by atoms with Crippen LogP contribution in [0.15, 0.2) is 35.1 Å². The van der Waals surface area contributed by atoms with E-state index < -0.39 is 11.7 Å². The van der Waals surface area contributed by atoms with E-state index >= 15 is 0 Å². The van der Waals surface area contributed by atoms with Crippen LogP contribution in [0, 0.1) is 5.92 Å². The fourth-order valence-corrected chi connectivity index (χ4v) is 4.75. The number of aliphatic imine (C=N–C) groups is 1. The summed E-state index contributed by atoms with van der Waals surface area (Å²) in [7, 11) is 0. The maximum atomic E-state index is 13.7. The van der Waals surface area contributed by atoms with Crippen LogP contribution >= 0.6 is 0 Å². The molecule has 3 nitrogen and oxygen atoms in total. The Hall–Kier alpha value is -2.24. The average molecular weight is 359 g/mol. The van der Waals surface area contributed by atoms with E-state index in [0.29, 0.717) is 23.4 Å². The lowest BCUT2D eigenvalue weighted by Gasteiger charge is -2.38. The van der Waals surface area contributed by atoms with Crippen LogP contribution in [0.4, 0.5) is 13.2 Å². The Labute approximate surface area is 149 Å². The molecule has 26 heavy (non-hydrogen) atoms. The number of aromatic nitrogens is 1. The molecule has 2 aliphatic heterocycles. The van der Waals surface area contributed by atoms with E-state index in [1.54, 1.807) is 12.1 Å². The number of para-hydroxylation sites is 1. The van der Waals surface area contributed by atoms with E-state index in [0.717, 1.165) is 37.1 Å². The first-order chi connectivity index (χ1) is 12.4. The van der Waals surface area contributed by atoms with Crippen LogP contribution in [0.2, 0.25) is 0 Å². The second-order valence-corrected chi connectivity index (χ2v) is 7.61. The summed E-state index contributed by atoms with van der Waals surface area (Å²) in [5.41, 5.74) is 3.37. The van der Waals surface area contributed by atoms with Crippen LogP contribution in [0.25, 0.3) is 16.6 Å². The van der Waals surface area contributed by atoms with Crippen LogP contribution in [-0.4, -0.2) is 28.8 Å². The van der Waals surface area contributed by atoms with Crippen molar-refractivity contribution in [3.8, 4) is 0 Å². The predicted octanol–water partition coefficient (Wildman–Crippen LogP) is 5.09. The van der Waals surface area contributed by atoms with Gasteiger partial charge in [-0.15, -0.1) is 0 Å². The summed E-state index contributed by atoms with van der Waals surface area (Å²) in [6.45, 7) is 3.54. The number of hydrogen-bond donors (Lipinski definition) is 0. The number of nitrogens with zero attached hydrogens (tertiary/aromatic N) is 3. The van der Waals surface area contributed by atoms with E-state index in [4.69, 9.17) is 0 Å². The lowest BCUT2D eigenvalue weighted by molar-refractivity contribution is -0.136. The van der Waals surface area contributed by atoms with Crippen LogP contribution in [0.5, 0.6) is 0 Å². The predicted molar refractivity (Wildman–Crippen MR) is 96.0 cm³/mol. The highest BCUT2D eigenvalue weighted by atomic mass is 19.4. The fraction of sp³-hybridized carbons (Fsp3) is 0.450. The van der Waals surface area contributed by atoms with Crippen molar-refractivity contribution in [1.29, 1.82) is 0 Å². The number of fused-ring (bicyclic) bond motifs is 4. The average Bonchev–Trinajstić information content (AvgIpc) is 2.96. The molecule has 0 saturated heterocycles. The topological polar surface area (TPSA) is 20.5 Å². The van der Waals surface area contributed by atoms with Gasteiger partial charge in [0.15, 0.2) is 0 Å². The minimum atomic E-state index is -4.35. The minimum absolute atomic E-state index is 0.0104. The molecule has 2 atom stereocenters. The zero-order chi connectivity index (χ0) is 18.1. The molecule has 3 heterocycles. The van der Waals surface area contributed by atoms with Gasteiger partial charge in [-0.2, -0.15) is 13.2 Å². The lowest BCUT2D eigenvalue weighted by atomic mass is 9.90. The van der Waals surface area contributed by atoms with Crippen molar-refractivity contribution in [3.63, 3.8) is 0 Å².